The van der Waals surface area contributed by atoms with Crippen LogP contribution in [0.2, 0.25) is 5.02 Å². The number of rotatable bonds is 3. The molecule has 3 heteroatoms. The van der Waals surface area contributed by atoms with Crippen molar-refractivity contribution in [2.75, 3.05) is 0 Å². The number of aromatic nitrogens is 1. The fourth-order valence-electron chi connectivity index (χ4n) is 2.02. The molecule has 2 nitrogen and oxygen atoms in total. The van der Waals surface area contributed by atoms with Crippen molar-refractivity contribution in [2.24, 2.45) is 0 Å². The van der Waals surface area contributed by atoms with Gasteiger partial charge in [0.25, 0.3) is 0 Å². The van der Waals surface area contributed by atoms with E-state index in [2.05, 4.69) is 4.98 Å². The molecule has 1 aromatic carbocycles. The molecule has 0 aliphatic carbocycles. The third kappa shape index (κ3) is 2.55. The number of nitrogens with zero attached hydrogens (tertiary/aromatic N) is 1. The Labute approximate surface area is 112 Å². The molecule has 0 fully saturated rings. The number of aliphatic hydroxyl groups is 1. The van der Waals surface area contributed by atoms with Gasteiger partial charge in [-0.05, 0) is 25.0 Å². The Balaban J connectivity index is 2.45. The van der Waals surface area contributed by atoms with Crippen molar-refractivity contribution in [3.05, 3.63) is 63.9 Å². The summed E-state index contributed by atoms with van der Waals surface area (Å²) in [6, 6.07) is 11.3. The quantitative estimate of drug-likeness (QED) is 0.914. The molecule has 0 amide bonds. The smallest absolute Gasteiger partial charge is 0.107 e. The highest BCUT2D eigenvalue weighted by molar-refractivity contribution is 6.31. The van der Waals surface area contributed by atoms with Gasteiger partial charge in [-0.2, -0.15) is 0 Å². The van der Waals surface area contributed by atoms with E-state index in [0.29, 0.717) is 10.6 Å². The van der Waals surface area contributed by atoms with E-state index in [1.165, 1.54) is 0 Å². The van der Waals surface area contributed by atoms with E-state index in [-0.39, 0.29) is 0 Å². The molecular formula is C15H16ClNO. The molecule has 18 heavy (non-hydrogen) atoms. The number of benzene rings is 1. The van der Waals surface area contributed by atoms with Gasteiger partial charge in [0.1, 0.15) is 6.10 Å². The van der Waals surface area contributed by atoms with Crippen LogP contribution in [0.1, 0.15) is 35.5 Å². The summed E-state index contributed by atoms with van der Waals surface area (Å²) in [7, 11) is 0. The first-order valence-electron chi connectivity index (χ1n) is 6.02. The van der Waals surface area contributed by atoms with Gasteiger partial charge in [-0.15, -0.1) is 0 Å². The molecule has 2 rings (SSSR count). The van der Waals surface area contributed by atoms with Crippen molar-refractivity contribution < 1.29 is 5.11 Å². The van der Waals surface area contributed by atoms with Gasteiger partial charge in [-0.3, -0.25) is 4.98 Å². The Morgan fingerprint density at radius 3 is 2.50 bits per heavy atom. The monoisotopic (exact) mass is 261 g/mol. The van der Waals surface area contributed by atoms with Crippen LogP contribution in [0.15, 0.2) is 36.4 Å². The Hall–Kier alpha value is -1.38. The van der Waals surface area contributed by atoms with Gasteiger partial charge in [-0.1, -0.05) is 48.9 Å². The first kappa shape index (κ1) is 13.1. The topological polar surface area (TPSA) is 33.1 Å². The van der Waals surface area contributed by atoms with E-state index >= 15 is 0 Å². The first-order valence-corrected chi connectivity index (χ1v) is 6.40. The number of hydrogen-bond donors (Lipinski definition) is 1. The van der Waals surface area contributed by atoms with Gasteiger partial charge in [0.15, 0.2) is 0 Å². The Morgan fingerprint density at radius 2 is 1.94 bits per heavy atom. The number of halogens is 1. The highest BCUT2D eigenvalue weighted by Crippen LogP contribution is 2.30. The van der Waals surface area contributed by atoms with Crippen LogP contribution >= 0.6 is 11.6 Å². The number of aliphatic hydroxyl groups excluding tert-OH is 1. The summed E-state index contributed by atoms with van der Waals surface area (Å²) in [6.07, 6.45) is 0.111. The summed E-state index contributed by atoms with van der Waals surface area (Å²) in [5.74, 6) is 0. The maximum absolute atomic E-state index is 10.4. The van der Waals surface area contributed by atoms with E-state index in [0.717, 1.165) is 23.4 Å². The van der Waals surface area contributed by atoms with Crippen molar-refractivity contribution >= 4 is 11.6 Å². The van der Waals surface area contributed by atoms with Crippen molar-refractivity contribution in [2.45, 2.75) is 26.4 Å². The number of pyridine rings is 1. The van der Waals surface area contributed by atoms with Crippen LogP contribution < -0.4 is 0 Å². The molecule has 0 radical (unpaired) electrons. The van der Waals surface area contributed by atoms with Crippen LogP contribution in [0, 0.1) is 6.92 Å². The minimum Gasteiger partial charge on any atom is -0.384 e. The SMILES string of the molecule is CCc1cc(Cl)c(C(O)c2ccccc2)c(C)n1. The average molecular weight is 262 g/mol. The van der Waals surface area contributed by atoms with Crippen LogP contribution in [-0.4, -0.2) is 10.1 Å². The third-order valence-corrected chi connectivity index (χ3v) is 3.32. The summed E-state index contributed by atoms with van der Waals surface area (Å²) in [5.41, 5.74) is 3.26. The van der Waals surface area contributed by atoms with Crippen molar-refractivity contribution in [3.63, 3.8) is 0 Å². The zero-order valence-electron chi connectivity index (χ0n) is 10.5. The molecule has 1 heterocycles. The molecule has 1 unspecified atom stereocenters. The summed E-state index contributed by atoms with van der Waals surface area (Å²) >= 11 is 6.26. The normalized spacial score (nSPS) is 12.4. The van der Waals surface area contributed by atoms with E-state index < -0.39 is 6.10 Å². The van der Waals surface area contributed by atoms with Gasteiger partial charge in [0.2, 0.25) is 0 Å². The summed E-state index contributed by atoms with van der Waals surface area (Å²) < 4.78 is 0. The standard InChI is InChI=1S/C15H16ClNO/c1-3-12-9-13(16)14(10(2)17-12)15(18)11-7-5-4-6-8-11/h4-9,15,18H,3H2,1-2H3. The molecule has 2 aromatic rings. The van der Waals surface area contributed by atoms with Crippen LogP contribution in [0.25, 0.3) is 0 Å². The number of hydrogen-bond acceptors (Lipinski definition) is 2. The number of aryl methyl sites for hydroxylation is 2. The lowest BCUT2D eigenvalue weighted by Crippen LogP contribution is -2.06. The Kier molecular flexibility index (Phi) is 4.00. The van der Waals surface area contributed by atoms with E-state index in [1.807, 2.05) is 50.2 Å². The molecule has 0 saturated heterocycles. The highest BCUT2D eigenvalue weighted by atomic mass is 35.5. The summed E-state index contributed by atoms with van der Waals surface area (Å²) in [4.78, 5) is 4.45. The molecule has 0 aliphatic rings. The van der Waals surface area contributed by atoms with Crippen LogP contribution in [-0.2, 0) is 6.42 Å². The lowest BCUT2D eigenvalue weighted by atomic mass is 10.00. The maximum Gasteiger partial charge on any atom is 0.107 e. The van der Waals surface area contributed by atoms with Crippen LogP contribution in [0.3, 0.4) is 0 Å². The predicted molar refractivity (Wildman–Crippen MR) is 73.9 cm³/mol. The first-order chi connectivity index (χ1) is 8.63. The van der Waals surface area contributed by atoms with E-state index in [9.17, 15) is 5.11 Å². The molecule has 1 N–H and O–H groups in total. The zero-order chi connectivity index (χ0) is 13.1. The lowest BCUT2D eigenvalue weighted by molar-refractivity contribution is 0.219. The highest BCUT2D eigenvalue weighted by Gasteiger charge is 2.17. The van der Waals surface area contributed by atoms with Gasteiger partial charge < -0.3 is 5.11 Å². The Bertz CT molecular complexity index is 516. The second kappa shape index (κ2) is 5.51. The Morgan fingerprint density at radius 1 is 1.28 bits per heavy atom. The van der Waals surface area contributed by atoms with Crippen LogP contribution in [0.5, 0.6) is 0 Å². The molecule has 1 aromatic heterocycles. The fraction of sp³-hybridized carbons (Fsp3) is 0.267. The van der Waals surface area contributed by atoms with Gasteiger partial charge >= 0.3 is 0 Å². The van der Waals surface area contributed by atoms with E-state index in [1.54, 1.807) is 0 Å². The van der Waals surface area contributed by atoms with Gasteiger partial charge in [0, 0.05) is 17.0 Å². The lowest BCUT2D eigenvalue weighted by Gasteiger charge is -2.16. The summed E-state index contributed by atoms with van der Waals surface area (Å²) in [5, 5.41) is 11.0. The minimum absolute atomic E-state index is 0.579. The van der Waals surface area contributed by atoms with E-state index in [4.69, 9.17) is 11.6 Å². The second-order valence-electron chi connectivity index (χ2n) is 4.26. The molecular weight excluding hydrogens is 246 g/mol. The predicted octanol–water partition coefficient (Wildman–Crippen LogP) is 3.69. The van der Waals surface area contributed by atoms with Gasteiger partial charge in [0.05, 0.1) is 5.02 Å². The second-order valence-corrected chi connectivity index (χ2v) is 4.67. The molecule has 0 saturated carbocycles. The van der Waals surface area contributed by atoms with Crippen molar-refractivity contribution in [1.29, 1.82) is 0 Å². The van der Waals surface area contributed by atoms with Crippen LogP contribution in [0.4, 0.5) is 0 Å². The molecule has 0 bridgehead atoms. The zero-order valence-corrected chi connectivity index (χ0v) is 11.3. The summed E-state index contributed by atoms with van der Waals surface area (Å²) in [6.45, 7) is 3.91. The fourth-order valence-corrected chi connectivity index (χ4v) is 2.38. The molecule has 1 atom stereocenters. The van der Waals surface area contributed by atoms with Gasteiger partial charge in [-0.25, -0.2) is 0 Å². The average Bonchev–Trinajstić information content (AvgIpc) is 2.38. The van der Waals surface area contributed by atoms with Crippen molar-refractivity contribution in [1.82, 2.24) is 4.98 Å². The largest absolute Gasteiger partial charge is 0.384 e. The molecule has 0 spiro atoms. The molecule has 94 valence electrons. The molecule has 0 aliphatic heterocycles. The third-order valence-electron chi connectivity index (χ3n) is 3.00. The maximum atomic E-state index is 10.4. The van der Waals surface area contributed by atoms with Crippen molar-refractivity contribution in [3.8, 4) is 0 Å². The minimum atomic E-state index is -0.725.